The van der Waals surface area contributed by atoms with Crippen LogP contribution in [0.25, 0.3) is 21.5 Å². The van der Waals surface area contributed by atoms with E-state index in [1.165, 1.54) is 5.39 Å². The molecule has 4 aromatic rings. The number of rotatable bonds is 9. The van der Waals surface area contributed by atoms with Crippen molar-refractivity contribution >= 4 is 33.4 Å². The molecule has 0 bridgehead atoms. The molecule has 1 heterocycles. The molecule has 1 fully saturated rings. The Morgan fingerprint density at radius 2 is 1.32 bits per heavy atom. The van der Waals surface area contributed by atoms with E-state index in [0.717, 1.165) is 53.2 Å². The lowest BCUT2D eigenvalue weighted by Crippen LogP contribution is -2.54. The van der Waals surface area contributed by atoms with Gasteiger partial charge in [0.25, 0.3) is 0 Å². The van der Waals surface area contributed by atoms with Crippen molar-refractivity contribution in [1.82, 2.24) is 16.0 Å². The van der Waals surface area contributed by atoms with Gasteiger partial charge in [-0.2, -0.15) is 0 Å². The van der Waals surface area contributed by atoms with Crippen LogP contribution in [0.3, 0.4) is 0 Å². The highest BCUT2D eigenvalue weighted by Gasteiger charge is 2.28. The van der Waals surface area contributed by atoms with Gasteiger partial charge in [-0.1, -0.05) is 84.9 Å². The minimum atomic E-state index is -0.677. The lowest BCUT2D eigenvalue weighted by Gasteiger charge is -2.27. The summed E-state index contributed by atoms with van der Waals surface area (Å²) in [6.07, 6.45) is 2.60. The van der Waals surface area contributed by atoms with Crippen LogP contribution in [-0.4, -0.2) is 43.5 Å². The van der Waals surface area contributed by atoms with E-state index in [-0.39, 0.29) is 23.8 Å². The number of fused-ring (bicyclic) bond motifs is 2. The van der Waals surface area contributed by atoms with Crippen molar-refractivity contribution in [3.63, 3.8) is 0 Å². The van der Waals surface area contributed by atoms with E-state index in [0.29, 0.717) is 19.4 Å². The molecule has 5 rings (SSSR count). The van der Waals surface area contributed by atoms with Crippen molar-refractivity contribution < 1.29 is 9.59 Å². The van der Waals surface area contributed by atoms with Crippen molar-refractivity contribution in [2.75, 3.05) is 19.6 Å². The van der Waals surface area contributed by atoms with Gasteiger partial charge < -0.3 is 21.7 Å². The second kappa shape index (κ2) is 12.2. The Morgan fingerprint density at radius 3 is 1.89 bits per heavy atom. The maximum atomic E-state index is 13.6. The van der Waals surface area contributed by atoms with E-state index in [1.807, 2.05) is 30.3 Å². The first-order valence-electron chi connectivity index (χ1n) is 13.6. The summed E-state index contributed by atoms with van der Waals surface area (Å²) in [7, 11) is 0. The zero-order chi connectivity index (χ0) is 26.3. The first kappa shape index (κ1) is 25.9. The van der Waals surface area contributed by atoms with Crippen LogP contribution in [0.5, 0.6) is 0 Å². The highest BCUT2D eigenvalue weighted by Crippen LogP contribution is 2.19. The summed E-state index contributed by atoms with van der Waals surface area (Å²) in [5, 5.41) is 14.1. The van der Waals surface area contributed by atoms with E-state index in [9.17, 15) is 9.59 Å². The van der Waals surface area contributed by atoms with Crippen LogP contribution in [0.4, 0.5) is 0 Å². The molecule has 2 atom stereocenters. The Kier molecular flexibility index (Phi) is 8.31. The molecule has 0 spiro atoms. The SMILES string of the molecule is NCC(Cc1ccc2ccccc2c1)NC(=O)[C@@H](Cc1ccc2ccccc2c1)NC(=O)C1CCNCC1. The molecule has 6 nitrogen and oxygen atoms in total. The van der Waals surface area contributed by atoms with Crippen molar-refractivity contribution in [3.05, 3.63) is 96.1 Å². The normalized spacial score (nSPS) is 15.7. The summed E-state index contributed by atoms with van der Waals surface area (Å²) in [6, 6.07) is 28.0. The van der Waals surface area contributed by atoms with Gasteiger partial charge in [-0.3, -0.25) is 9.59 Å². The number of carbonyl (C=O) groups is 2. The first-order chi connectivity index (χ1) is 18.6. The Balaban J connectivity index is 1.32. The molecule has 2 amide bonds. The molecule has 4 aromatic carbocycles. The molecule has 1 aliphatic heterocycles. The molecule has 1 saturated heterocycles. The molecule has 196 valence electrons. The molecular weight excluding hydrogens is 472 g/mol. The molecule has 6 heteroatoms. The van der Waals surface area contributed by atoms with Crippen LogP contribution in [0.1, 0.15) is 24.0 Å². The lowest BCUT2D eigenvalue weighted by atomic mass is 9.95. The maximum Gasteiger partial charge on any atom is 0.243 e. The van der Waals surface area contributed by atoms with Gasteiger partial charge >= 0.3 is 0 Å². The third-order valence-electron chi connectivity index (χ3n) is 7.52. The van der Waals surface area contributed by atoms with E-state index < -0.39 is 6.04 Å². The number of benzene rings is 4. The van der Waals surface area contributed by atoms with Crippen LogP contribution in [0.15, 0.2) is 84.9 Å². The summed E-state index contributed by atoms with van der Waals surface area (Å²) in [4.78, 5) is 26.8. The summed E-state index contributed by atoms with van der Waals surface area (Å²) in [6.45, 7) is 1.95. The van der Waals surface area contributed by atoms with Gasteiger partial charge in [-0.05, 0) is 65.0 Å². The molecule has 0 radical (unpaired) electrons. The van der Waals surface area contributed by atoms with Crippen LogP contribution in [0.2, 0.25) is 0 Å². The molecule has 0 aromatic heterocycles. The molecule has 0 aliphatic carbocycles. The zero-order valence-electron chi connectivity index (χ0n) is 21.7. The molecule has 5 N–H and O–H groups in total. The van der Waals surface area contributed by atoms with Gasteiger partial charge in [0, 0.05) is 24.9 Å². The lowest BCUT2D eigenvalue weighted by molar-refractivity contribution is -0.131. The topological polar surface area (TPSA) is 96.2 Å². The average Bonchev–Trinajstić information content (AvgIpc) is 2.96. The number of piperidine rings is 1. The largest absolute Gasteiger partial charge is 0.350 e. The molecule has 1 aliphatic rings. The van der Waals surface area contributed by atoms with Crippen molar-refractivity contribution in [2.24, 2.45) is 11.7 Å². The first-order valence-corrected chi connectivity index (χ1v) is 13.6. The minimum Gasteiger partial charge on any atom is -0.350 e. The molecular formula is C32H36N4O2. The van der Waals surface area contributed by atoms with E-state index in [1.54, 1.807) is 0 Å². The zero-order valence-corrected chi connectivity index (χ0v) is 21.7. The Bertz CT molecular complexity index is 1410. The summed E-state index contributed by atoms with van der Waals surface area (Å²) >= 11 is 0. The Morgan fingerprint density at radius 1 is 0.763 bits per heavy atom. The Hall–Kier alpha value is -3.74. The third-order valence-corrected chi connectivity index (χ3v) is 7.52. The predicted molar refractivity (Wildman–Crippen MR) is 154 cm³/mol. The second-order valence-corrected chi connectivity index (χ2v) is 10.3. The number of hydrogen-bond acceptors (Lipinski definition) is 4. The molecule has 0 saturated carbocycles. The minimum absolute atomic E-state index is 0.0498. The fourth-order valence-corrected chi connectivity index (χ4v) is 5.33. The van der Waals surface area contributed by atoms with Gasteiger partial charge in [-0.15, -0.1) is 0 Å². The number of carbonyl (C=O) groups excluding carboxylic acids is 2. The standard InChI is InChI=1S/C32H36N4O2/c33-21-29(19-22-9-11-24-5-1-3-7-27(24)17-22)35-32(38)30(36-31(37)26-13-15-34-16-14-26)20-23-10-12-25-6-2-4-8-28(25)18-23/h1-12,17-18,26,29-30,34H,13-16,19-21,33H2,(H,35,38)(H,36,37)/t29?,30-/m1/s1. The summed E-state index contributed by atoms with van der Waals surface area (Å²) in [5.74, 6) is -0.325. The van der Waals surface area contributed by atoms with Crippen molar-refractivity contribution in [3.8, 4) is 0 Å². The quantitative estimate of drug-likeness (QED) is 0.277. The van der Waals surface area contributed by atoms with Crippen molar-refractivity contribution in [1.29, 1.82) is 0 Å². The van der Waals surface area contributed by atoms with E-state index >= 15 is 0 Å². The van der Waals surface area contributed by atoms with Crippen molar-refractivity contribution in [2.45, 2.75) is 37.8 Å². The smallest absolute Gasteiger partial charge is 0.243 e. The van der Waals surface area contributed by atoms with Gasteiger partial charge in [0.1, 0.15) is 6.04 Å². The van der Waals surface area contributed by atoms with Gasteiger partial charge in [0.15, 0.2) is 0 Å². The second-order valence-electron chi connectivity index (χ2n) is 10.3. The molecule has 1 unspecified atom stereocenters. The van der Waals surface area contributed by atoms with Crippen LogP contribution >= 0.6 is 0 Å². The van der Waals surface area contributed by atoms with Crippen LogP contribution in [0, 0.1) is 5.92 Å². The van der Waals surface area contributed by atoms with Crippen LogP contribution < -0.4 is 21.7 Å². The number of hydrogen-bond donors (Lipinski definition) is 4. The monoisotopic (exact) mass is 508 g/mol. The number of nitrogens with two attached hydrogens (primary N) is 1. The highest BCUT2D eigenvalue weighted by atomic mass is 16.2. The fourth-order valence-electron chi connectivity index (χ4n) is 5.33. The van der Waals surface area contributed by atoms with Gasteiger partial charge in [-0.25, -0.2) is 0 Å². The maximum absolute atomic E-state index is 13.6. The highest BCUT2D eigenvalue weighted by molar-refractivity contribution is 5.89. The third kappa shape index (κ3) is 6.39. The predicted octanol–water partition coefficient (Wildman–Crippen LogP) is 3.71. The van der Waals surface area contributed by atoms with E-state index in [4.69, 9.17) is 5.73 Å². The fraction of sp³-hybridized carbons (Fsp3) is 0.312. The summed E-state index contributed by atoms with van der Waals surface area (Å²) in [5.41, 5.74) is 8.23. The average molecular weight is 509 g/mol. The van der Waals surface area contributed by atoms with Gasteiger partial charge in [0.05, 0.1) is 0 Å². The Labute approximate surface area is 224 Å². The molecule has 38 heavy (non-hydrogen) atoms. The van der Waals surface area contributed by atoms with Gasteiger partial charge in [0.2, 0.25) is 11.8 Å². The summed E-state index contributed by atoms with van der Waals surface area (Å²) < 4.78 is 0. The number of amides is 2. The van der Waals surface area contributed by atoms with E-state index in [2.05, 4.69) is 70.5 Å². The van der Waals surface area contributed by atoms with Crippen LogP contribution in [-0.2, 0) is 22.4 Å². The number of nitrogens with one attached hydrogen (secondary N) is 3.